The molecule has 2 nitrogen and oxygen atoms in total. The second-order valence-electron chi connectivity index (χ2n) is 7.09. The van der Waals surface area contributed by atoms with Gasteiger partial charge in [-0.2, -0.15) is 0 Å². The Hall–Kier alpha value is -0.0500. The fourth-order valence-electron chi connectivity index (χ4n) is 3.02. The molecule has 0 bridgehead atoms. The summed E-state index contributed by atoms with van der Waals surface area (Å²) in [7, 11) is 0. The van der Waals surface area contributed by atoms with Crippen molar-refractivity contribution >= 4 is 21.8 Å². The van der Waals surface area contributed by atoms with Crippen molar-refractivity contribution in [3.63, 3.8) is 0 Å². The number of hydrogen-bond acceptors (Lipinski definition) is 1. The largest absolute Gasteiger partial charge is 0.356 e. The van der Waals surface area contributed by atoms with E-state index in [0.29, 0.717) is 0 Å². The number of unbranched alkanes of at least 4 members (excludes halogenated alkanes) is 14. The van der Waals surface area contributed by atoms with Gasteiger partial charge in [-0.25, -0.2) is 0 Å². The first-order chi connectivity index (χ1) is 11.8. The van der Waals surface area contributed by atoms with Crippen molar-refractivity contribution in [1.29, 1.82) is 0 Å². The number of rotatable bonds is 19. The molecule has 0 saturated carbocycles. The number of carbonyl (C=O) groups is 1. The van der Waals surface area contributed by atoms with Crippen LogP contribution in [0.3, 0.4) is 0 Å². The summed E-state index contributed by atoms with van der Waals surface area (Å²) in [5.41, 5.74) is 0. The Kier molecular flexibility index (Phi) is 20.9. The number of alkyl halides is 1. The maximum Gasteiger partial charge on any atom is 0.219 e. The summed E-state index contributed by atoms with van der Waals surface area (Å²) in [5, 5.41) is 4.22. The Morgan fingerprint density at radius 2 is 1.12 bits per heavy atom. The van der Waals surface area contributed by atoms with Gasteiger partial charge in [0.15, 0.2) is 0 Å². The molecule has 0 aromatic carbocycles. The Morgan fingerprint density at radius 1 is 0.667 bits per heavy atom. The fourth-order valence-corrected chi connectivity index (χ4v) is 3.41. The van der Waals surface area contributed by atoms with Crippen LogP contribution in [0.25, 0.3) is 0 Å². The highest BCUT2D eigenvalue weighted by Gasteiger charge is 2.00. The van der Waals surface area contributed by atoms with Gasteiger partial charge in [-0.1, -0.05) is 106 Å². The maximum absolute atomic E-state index is 11.7. The number of halogens is 1. The number of nitrogens with one attached hydrogen (secondary N) is 1. The van der Waals surface area contributed by atoms with E-state index in [4.69, 9.17) is 0 Å². The zero-order valence-electron chi connectivity index (χ0n) is 16.2. The molecule has 0 rings (SSSR count). The van der Waals surface area contributed by atoms with Crippen molar-refractivity contribution in [2.75, 3.05) is 11.9 Å². The zero-order chi connectivity index (χ0) is 17.7. The minimum absolute atomic E-state index is 0.260. The summed E-state index contributed by atoms with van der Waals surface area (Å²) in [4.78, 5) is 11.7. The van der Waals surface area contributed by atoms with Crippen LogP contribution in [-0.2, 0) is 4.79 Å². The third-order valence-electron chi connectivity index (χ3n) is 4.64. The average molecular weight is 404 g/mol. The topological polar surface area (TPSA) is 29.1 Å². The Bertz CT molecular complexity index is 234. The highest BCUT2D eigenvalue weighted by atomic mass is 79.9. The molecule has 144 valence electrons. The molecule has 0 aliphatic carbocycles. The molecule has 1 amide bonds. The SMILES string of the molecule is CCCCCCCCCCNC(=O)CCCCCCCCCCBr. The lowest BCUT2D eigenvalue weighted by Gasteiger charge is -2.06. The van der Waals surface area contributed by atoms with Crippen LogP contribution < -0.4 is 5.32 Å². The van der Waals surface area contributed by atoms with Crippen molar-refractivity contribution in [3.8, 4) is 0 Å². The van der Waals surface area contributed by atoms with E-state index in [-0.39, 0.29) is 5.91 Å². The van der Waals surface area contributed by atoms with Gasteiger partial charge in [-0.15, -0.1) is 0 Å². The highest BCUT2D eigenvalue weighted by molar-refractivity contribution is 9.09. The van der Waals surface area contributed by atoms with Gasteiger partial charge in [-0.05, 0) is 19.3 Å². The zero-order valence-corrected chi connectivity index (χ0v) is 17.8. The quantitative estimate of drug-likeness (QED) is 0.180. The van der Waals surface area contributed by atoms with E-state index in [1.807, 2.05) is 0 Å². The van der Waals surface area contributed by atoms with E-state index in [2.05, 4.69) is 28.2 Å². The molecule has 0 atom stereocenters. The Labute approximate surface area is 160 Å². The second-order valence-corrected chi connectivity index (χ2v) is 7.89. The molecular weight excluding hydrogens is 362 g/mol. The molecule has 0 unspecified atom stereocenters. The summed E-state index contributed by atoms with van der Waals surface area (Å²) in [5.74, 6) is 0.260. The van der Waals surface area contributed by atoms with Crippen LogP contribution in [0, 0.1) is 0 Å². The predicted octanol–water partition coefficient (Wildman–Crippen LogP) is 7.15. The van der Waals surface area contributed by atoms with Crippen molar-refractivity contribution in [1.82, 2.24) is 5.32 Å². The van der Waals surface area contributed by atoms with Crippen LogP contribution in [0.5, 0.6) is 0 Å². The maximum atomic E-state index is 11.7. The van der Waals surface area contributed by atoms with Gasteiger partial charge in [0, 0.05) is 18.3 Å². The van der Waals surface area contributed by atoms with Crippen molar-refractivity contribution in [2.45, 2.75) is 116 Å². The molecule has 0 aromatic rings. The molecule has 0 saturated heterocycles. The average Bonchev–Trinajstić information content (AvgIpc) is 2.59. The van der Waals surface area contributed by atoms with Crippen molar-refractivity contribution in [3.05, 3.63) is 0 Å². The van der Waals surface area contributed by atoms with Crippen LogP contribution in [0.1, 0.15) is 116 Å². The molecule has 0 heterocycles. The second kappa shape index (κ2) is 21.0. The lowest BCUT2D eigenvalue weighted by atomic mass is 10.1. The van der Waals surface area contributed by atoms with Crippen LogP contribution in [0.15, 0.2) is 0 Å². The van der Waals surface area contributed by atoms with Crippen LogP contribution >= 0.6 is 15.9 Å². The van der Waals surface area contributed by atoms with Gasteiger partial charge in [0.2, 0.25) is 5.91 Å². The number of hydrogen-bond donors (Lipinski definition) is 1. The molecule has 0 radical (unpaired) electrons. The van der Waals surface area contributed by atoms with E-state index >= 15 is 0 Å². The summed E-state index contributed by atoms with van der Waals surface area (Å²) in [6.45, 7) is 3.14. The van der Waals surface area contributed by atoms with E-state index in [1.54, 1.807) is 0 Å². The molecular formula is C21H42BrNO. The van der Waals surface area contributed by atoms with Gasteiger partial charge < -0.3 is 5.32 Å². The predicted molar refractivity (Wildman–Crippen MR) is 111 cm³/mol. The monoisotopic (exact) mass is 403 g/mol. The summed E-state index contributed by atoms with van der Waals surface area (Å²) in [6.07, 6.45) is 21.6. The third-order valence-corrected chi connectivity index (χ3v) is 5.20. The summed E-state index contributed by atoms with van der Waals surface area (Å²) in [6, 6.07) is 0. The molecule has 3 heteroatoms. The Morgan fingerprint density at radius 3 is 1.67 bits per heavy atom. The fraction of sp³-hybridized carbons (Fsp3) is 0.952. The first-order valence-electron chi connectivity index (χ1n) is 10.6. The van der Waals surface area contributed by atoms with E-state index < -0.39 is 0 Å². The molecule has 0 aliphatic rings. The molecule has 0 aromatic heterocycles. The standard InChI is InChI=1S/C21H42BrNO/c1-2-3-4-5-6-11-14-17-20-23-21(24)18-15-12-9-7-8-10-13-16-19-22/h2-20H2,1H3,(H,23,24). The smallest absolute Gasteiger partial charge is 0.219 e. The highest BCUT2D eigenvalue weighted by Crippen LogP contribution is 2.10. The molecule has 24 heavy (non-hydrogen) atoms. The number of amides is 1. The van der Waals surface area contributed by atoms with Gasteiger partial charge in [0.1, 0.15) is 0 Å². The van der Waals surface area contributed by atoms with Gasteiger partial charge in [0.25, 0.3) is 0 Å². The van der Waals surface area contributed by atoms with Crippen LogP contribution in [0.4, 0.5) is 0 Å². The van der Waals surface area contributed by atoms with Gasteiger partial charge in [-0.3, -0.25) is 4.79 Å². The van der Waals surface area contributed by atoms with Crippen LogP contribution in [-0.4, -0.2) is 17.8 Å². The normalized spacial score (nSPS) is 10.9. The molecule has 0 aliphatic heterocycles. The molecule has 0 fully saturated rings. The lowest BCUT2D eigenvalue weighted by Crippen LogP contribution is -2.23. The van der Waals surface area contributed by atoms with Crippen molar-refractivity contribution < 1.29 is 4.79 Å². The molecule has 1 N–H and O–H groups in total. The number of carbonyl (C=O) groups excluding carboxylic acids is 1. The molecule has 0 spiro atoms. The first kappa shape index (κ1) is 23.9. The van der Waals surface area contributed by atoms with Crippen molar-refractivity contribution in [2.24, 2.45) is 0 Å². The third kappa shape index (κ3) is 20.0. The van der Waals surface area contributed by atoms with Gasteiger partial charge in [0.05, 0.1) is 0 Å². The van der Waals surface area contributed by atoms with E-state index in [0.717, 1.165) is 31.1 Å². The van der Waals surface area contributed by atoms with E-state index in [9.17, 15) is 4.79 Å². The summed E-state index contributed by atoms with van der Waals surface area (Å²) >= 11 is 3.47. The first-order valence-corrected chi connectivity index (χ1v) is 11.8. The summed E-state index contributed by atoms with van der Waals surface area (Å²) < 4.78 is 0. The minimum Gasteiger partial charge on any atom is -0.356 e. The van der Waals surface area contributed by atoms with Gasteiger partial charge >= 0.3 is 0 Å². The Balaban J connectivity index is 3.13. The lowest BCUT2D eigenvalue weighted by molar-refractivity contribution is -0.121. The van der Waals surface area contributed by atoms with E-state index in [1.165, 1.54) is 89.9 Å². The van der Waals surface area contributed by atoms with Crippen LogP contribution in [0.2, 0.25) is 0 Å². The minimum atomic E-state index is 0.260.